The van der Waals surface area contributed by atoms with Crippen molar-refractivity contribution in [3.05, 3.63) is 91.1 Å². The van der Waals surface area contributed by atoms with Crippen molar-refractivity contribution < 1.29 is 28.5 Å². The molecule has 1 unspecified atom stereocenters. The Morgan fingerprint density at radius 1 is 1.05 bits per heavy atom. The number of esters is 1. The molecule has 10 heteroatoms. The number of methoxy groups -OCH3 is 3. The lowest BCUT2D eigenvalue weighted by Crippen LogP contribution is -2.40. The third-order valence-corrected chi connectivity index (χ3v) is 7.52. The van der Waals surface area contributed by atoms with Gasteiger partial charge in [-0.25, -0.2) is 9.79 Å². The summed E-state index contributed by atoms with van der Waals surface area (Å²) in [5.41, 5.74) is 1.84. The first-order valence-corrected chi connectivity index (χ1v) is 14.0. The molecule has 0 fully saturated rings. The van der Waals surface area contributed by atoms with E-state index in [9.17, 15) is 9.59 Å². The predicted molar refractivity (Wildman–Crippen MR) is 158 cm³/mol. The molecule has 1 atom stereocenters. The Morgan fingerprint density at radius 2 is 1.76 bits per heavy atom. The lowest BCUT2D eigenvalue weighted by molar-refractivity contribution is -0.138. The van der Waals surface area contributed by atoms with Crippen LogP contribution in [0.5, 0.6) is 23.0 Å². The second-order valence-corrected chi connectivity index (χ2v) is 10.2. The number of rotatable bonds is 12. The van der Waals surface area contributed by atoms with Crippen LogP contribution in [-0.2, 0) is 9.53 Å². The minimum Gasteiger partial charge on any atom is -0.493 e. The van der Waals surface area contributed by atoms with Gasteiger partial charge in [0.25, 0.3) is 5.56 Å². The van der Waals surface area contributed by atoms with E-state index in [1.807, 2.05) is 12.1 Å². The summed E-state index contributed by atoms with van der Waals surface area (Å²) in [5, 5.41) is 0. The van der Waals surface area contributed by atoms with Gasteiger partial charge in [0, 0.05) is 0 Å². The van der Waals surface area contributed by atoms with E-state index >= 15 is 0 Å². The SMILES string of the molecule is C=CCOC(=O)C1=C(C)N=c2s/c(=C\c3ccc(OC)c(OC)c3)c(=O)n2C1c1ccc(OCCCC)c(OC)c1. The first kappa shape index (κ1) is 29.7. The Morgan fingerprint density at radius 3 is 2.44 bits per heavy atom. The van der Waals surface area contributed by atoms with Crippen LogP contribution in [-0.4, -0.2) is 45.1 Å². The summed E-state index contributed by atoms with van der Waals surface area (Å²) < 4.78 is 29.7. The first-order valence-electron chi connectivity index (χ1n) is 13.2. The second-order valence-electron chi connectivity index (χ2n) is 9.20. The molecule has 1 aliphatic rings. The molecule has 1 aromatic heterocycles. The highest BCUT2D eigenvalue weighted by Crippen LogP contribution is 2.36. The molecular weight excluding hydrogens is 544 g/mol. The summed E-state index contributed by atoms with van der Waals surface area (Å²) in [4.78, 5) is 32.4. The molecule has 3 aromatic rings. The number of ether oxygens (including phenoxy) is 5. The van der Waals surface area contributed by atoms with E-state index in [0.717, 1.165) is 18.4 Å². The van der Waals surface area contributed by atoms with E-state index in [2.05, 4.69) is 18.5 Å². The number of benzene rings is 2. The molecule has 0 N–H and O–H groups in total. The Balaban J connectivity index is 1.89. The van der Waals surface area contributed by atoms with Crippen molar-refractivity contribution in [2.24, 2.45) is 4.99 Å². The van der Waals surface area contributed by atoms with Gasteiger partial charge >= 0.3 is 5.97 Å². The van der Waals surface area contributed by atoms with Crippen molar-refractivity contribution in [1.29, 1.82) is 0 Å². The van der Waals surface area contributed by atoms with Crippen LogP contribution in [0.2, 0.25) is 0 Å². The van der Waals surface area contributed by atoms with Crippen LogP contribution in [0.1, 0.15) is 43.9 Å². The second kappa shape index (κ2) is 13.4. The topological polar surface area (TPSA) is 97.6 Å². The van der Waals surface area contributed by atoms with Crippen LogP contribution in [0, 0.1) is 0 Å². The number of aromatic nitrogens is 1. The summed E-state index contributed by atoms with van der Waals surface area (Å²) in [5.74, 6) is 1.64. The summed E-state index contributed by atoms with van der Waals surface area (Å²) in [7, 11) is 4.68. The number of nitrogens with zero attached hydrogens (tertiary/aromatic N) is 2. The fourth-order valence-corrected chi connectivity index (χ4v) is 5.55. The number of thiazole rings is 1. The summed E-state index contributed by atoms with van der Waals surface area (Å²) in [6.07, 6.45) is 5.16. The highest BCUT2D eigenvalue weighted by atomic mass is 32.1. The summed E-state index contributed by atoms with van der Waals surface area (Å²) in [6, 6.07) is 10.0. The standard InChI is InChI=1S/C31H34N2O7S/c1-7-9-15-39-23-13-11-21(18-25(23)38-6)28-27(30(35)40-14-8-2)19(3)32-31-33(28)29(34)26(41-31)17-20-10-12-22(36-4)24(16-20)37-5/h8,10-13,16-18,28H,2,7,9,14-15H2,1,3-6H3/b26-17-. The maximum atomic E-state index is 13.9. The summed E-state index contributed by atoms with van der Waals surface area (Å²) >= 11 is 1.24. The minimum absolute atomic E-state index is 0.0274. The van der Waals surface area contributed by atoms with Gasteiger partial charge in [-0.15, -0.1) is 0 Å². The average Bonchev–Trinajstić information content (AvgIpc) is 3.28. The molecule has 0 saturated heterocycles. The van der Waals surface area contributed by atoms with E-state index in [-0.39, 0.29) is 17.7 Å². The van der Waals surface area contributed by atoms with Crippen molar-refractivity contribution in [2.45, 2.75) is 32.7 Å². The Bertz CT molecular complexity index is 1650. The molecule has 4 rings (SSSR count). The fraction of sp³-hybridized carbons (Fsp3) is 0.323. The average molecular weight is 579 g/mol. The van der Waals surface area contributed by atoms with Gasteiger partial charge in [0.05, 0.1) is 49.8 Å². The van der Waals surface area contributed by atoms with Gasteiger partial charge in [0.15, 0.2) is 27.8 Å². The van der Waals surface area contributed by atoms with E-state index in [1.54, 1.807) is 58.6 Å². The van der Waals surface area contributed by atoms with Crippen molar-refractivity contribution in [2.75, 3.05) is 34.5 Å². The molecule has 216 valence electrons. The third-order valence-electron chi connectivity index (χ3n) is 6.54. The van der Waals surface area contributed by atoms with Crippen LogP contribution >= 0.6 is 11.3 Å². The largest absolute Gasteiger partial charge is 0.493 e. The summed E-state index contributed by atoms with van der Waals surface area (Å²) in [6.45, 7) is 8.04. The van der Waals surface area contributed by atoms with Gasteiger partial charge in [-0.1, -0.05) is 49.5 Å². The van der Waals surface area contributed by atoms with Gasteiger partial charge in [-0.3, -0.25) is 9.36 Å². The molecule has 0 radical (unpaired) electrons. The minimum atomic E-state index is -0.797. The van der Waals surface area contributed by atoms with Crippen LogP contribution in [0.4, 0.5) is 0 Å². The van der Waals surface area contributed by atoms with Crippen molar-refractivity contribution >= 4 is 23.4 Å². The van der Waals surface area contributed by atoms with E-state index < -0.39 is 12.0 Å². The number of fused-ring (bicyclic) bond motifs is 1. The molecule has 0 saturated carbocycles. The normalized spacial score (nSPS) is 14.7. The third kappa shape index (κ3) is 6.22. The van der Waals surface area contributed by atoms with Crippen LogP contribution in [0.15, 0.2) is 70.1 Å². The molecule has 2 aromatic carbocycles. The molecule has 41 heavy (non-hydrogen) atoms. The van der Waals surface area contributed by atoms with Crippen molar-refractivity contribution in [3.8, 4) is 23.0 Å². The molecule has 9 nitrogen and oxygen atoms in total. The van der Waals surface area contributed by atoms with Gasteiger partial charge < -0.3 is 23.7 Å². The number of allylic oxidation sites excluding steroid dienone is 1. The van der Waals surface area contributed by atoms with Crippen LogP contribution in [0.3, 0.4) is 0 Å². The smallest absolute Gasteiger partial charge is 0.338 e. The quantitative estimate of drug-likeness (QED) is 0.181. The molecule has 0 amide bonds. The molecule has 0 bridgehead atoms. The maximum absolute atomic E-state index is 13.9. The number of hydrogen-bond acceptors (Lipinski definition) is 9. The van der Waals surface area contributed by atoms with Crippen molar-refractivity contribution in [3.63, 3.8) is 0 Å². The monoisotopic (exact) mass is 578 g/mol. The number of carbonyl (C=O) groups is 1. The van der Waals surface area contributed by atoms with Gasteiger partial charge in [-0.05, 0) is 54.8 Å². The van der Waals surface area contributed by atoms with Crippen molar-refractivity contribution in [1.82, 2.24) is 4.57 Å². The van der Waals surface area contributed by atoms with E-state index in [4.69, 9.17) is 23.7 Å². The number of hydrogen-bond donors (Lipinski definition) is 0. The first-order chi connectivity index (χ1) is 19.9. The zero-order valence-electron chi connectivity index (χ0n) is 23.9. The maximum Gasteiger partial charge on any atom is 0.338 e. The molecule has 0 spiro atoms. The Kier molecular flexibility index (Phi) is 9.67. The Labute approximate surface area is 242 Å². The van der Waals surface area contributed by atoms with Gasteiger partial charge in [-0.2, -0.15) is 0 Å². The highest BCUT2D eigenvalue weighted by molar-refractivity contribution is 7.07. The lowest BCUT2D eigenvalue weighted by Gasteiger charge is -2.25. The zero-order chi connectivity index (χ0) is 29.5. The lowest BCUT2D eigenvalue weighted by atomic mass is 9.95. The van der Waals surface area contributed by atoms with Gasteiger partial charge in [0.1, 0.15) is 6.61 Å². The van der Waals surface area contributed by atoms with E-state index in [1.165, 1.54) is 22.0 Å². The van der Waals surface area contributed by atoms with Crippen LogP contribution < -0.4 is 33.8 Å². The van der Waals surface area contributed by atoms with Crippen LogP contribution in [0.25, 0.3) is 6.08 Å². The molecule has 0 aliphatic carbocycles. The number of carbonyl (C=O) groups excluding carboxylic acids is 1. The number of unbranched alkanes of at least 4 members (excludes halogenated alkanes) is 1. The van der Waals surface area contributed by atoms with E-state index in [0.29, 0.717) is 50.2 Å². The Hall–Kier alpha value is -4.31. The fourth-order valence-electron chi connectivity index (χ4n) is 4.50. The zero-order valence-corrected chi connectivity index (χ0v) is 24.7. The highest BCUT2D eigenvalue weighted by Gasteiger charge is 2.34. The van der Waals surface area contributed by atoms with Gasteiger partial charge in [0.2, 0.25) is 0 Å². The molecule has 2 heterocycles. The predicted octanol–water partition coefficient (Wildman–Crippen LogP) is 4.17. The molecular formula is C31H34N2O7S. The molecule has 1 aliphatic heterocycles.